The number of β-amino-alcohol motifs (C(OH)–C–C–N with tert-alkyl or cyclic N) is 1. The average molecular weight is 279 g/mol. The van der Waals surface area contributed by atoms with Crippen molar-refractivity contribution in [2.24, 2.45) is 11.8 Å². The van der Waals surface area contributed by atoms with Crippen LogP contribution in [0.3, 0.4) is 0 Å². The van der Waals surface area contributed by atoms with E-state index in [1.165, 1.54) is 6.07 Å². The van der Waals surface area contributed by atoms with Gasteiger partial charge in [-0.3, -0.25) is 4.79 Å². The standard InChI is InChI=1S/C16H22FNO2/c1-11-7-8-18(10-15(11)19)16(20)12(2)9-13-5-3-4-6-14(13)17/h3-6,11-12,15,19H,7-10H2,1-2H3. The quantitative estimate of drug-likeness (QED) is 0.921. The fraction of sp³-hybridized carbons (Fsp3) is 0.562. The zero-order valence-electron chi connectivity index (χ0n) is 12.1. The molecule has 3 unspecified atom stereocenters. The summed E-state index contributed by atoms with van der Waals surface area (Å²) in [6.07, 6.45) is 0.765. The van der Waals surface area contributed by atoms with E-state index >= 15 is 0 Å². The van der Waals surface area contributed by atoms with Crippen LogP contribution in [0.2, 0.25) is 0 Å². The number of carbonyl (C=O) groups is 1. The number of nitrogens with zero attached hydrogens (tertiary/aromatic N) is 1. The molecular weight excluding hydrogens is 257 g/mol. The Kier molecular flexibility index (Phi) is 4.76. The molecule has 0 bridgehead atoms. The van der Waals surface area contributed by atoms with Gasteiger partial charge in [-0.25, -0.2) is 4.39 Å². The van der Waals surface area contributed by atoms with Crippen LogP contribution in [0.15, 0.2) is 24.3 Å². The van der Waals surface area contributed by atoms with Gasteiger partial charge < -0.3 is 10.0 Å². The number of aliphatic hydroxyl groups excluding tert-OH is 1. The maximum atomic E-state index is 13.6. The Balaban J connectivity index is 1.97. The van der Waals surface area contributed by atoms with Crippen LogP contribution in [0.5, 0.6) is 0 Å². The average Bonchev–Trinajstić information content (AvgIpc) is 2.43. The van der Waals surface area contributed by atoms with Crippen LogP contribution in [-0.4, -0.2) is 35.1 Å². The molecule has 0 aromatic heterocycles. The predicted octanol–water partition coefficient (Wildman–Crippen LogP) is 2.23. The van der Waals surface area contributed by atoms with Crippen molar-refractivity contribution in [2.75, 3.05) is 13.1 Å². The van der Waals surface area contributed by atoms with Gasteiger partial charge in [-0.2, -0.15) is 0 Å². The van der Waals surface area contributed by atoms with Crippen LogP contribution >= 0.6 is 0 Å². The molecule has 1 fully saturated rings. The summed E-state index contributed by atoms with van der Waals surface area (Å²) < 4.78 is 13.6. The smallest absolute Gasteiger partial charge is 0.225 e. The second-order valence-corrected chi connectivity index (χ2v) is 5.81. The third-order valence-electron chi connectivity index (χ3n) is 4.14. The number of likely N-dealkylation sites (tertiary alicyclic amines) is 1. The lowest BCUT2D eigenvalue weighted by molar-refractivity contribution is -0.139. The number of amides is 1. The summed E-state index contributed by atoms with van der Waals surface area (Å²) in [5.41, 5.74) is 0.569. The van der Waals surface area contributed by atoms with Crippen molar-refractivity contribution in [1.82, 2.24) is 4.90 Å². The minimum atomic E-state index is -0.451. The zero-order chi connectivity index (χ0) is 14.7. The molecule has 1 heterocycles. The lowest BCUT2D eigenvalue weighted by Crippen LogP contribution is -2.47. The van der Waals surface area contributed by atoms with E-state index in [1.54, 1.807) is 23.1 Å². The minimum absolute atomic E-state index is 0.000738. The van der Waals surface area contributed by atoms with Crippen LogP contribution in [0.1, 0.15) is 25.8 Å². The van der Waals surface area contributed by atoms with Gasteiger partial charge in [0.1, 0.15) is 5.82 Å². The molecule has 1 aliphatic rings. The summed E-state index contributed by atoms with van der Waals surface area (Å²) >= 11 is 0. The maximum Gasteiger partial charge on any atom is 0.225 e. The van der Waals surface area contributed by atoms with Crippen LogP contribution < -0.4 is 0 Å². The van der Waals surface area contributed by atoms with Gasteiger partial charge in [-0.15, -0.1) is 0 Å². The van der Waals surface area contributed by atoms with Crippen LogP contribution in [-0.2, 0) is 11.2 Å². The first-order chi connectivity index (χ1) is 9.49. The van der Waals surface area contributed by atoms with E-state index in [0.717, 1.165) is 6.42 Å². The highest BCUT2D eigenvalue weighted by atomic mass is 19.1. The summed E-state index contributed by atoms with van der Waals surface area (Å²) in [7, 11) is 0. The molecule has 1 amide bonds. The highest BCUT2D eigenvalue weighted by Gasteiger charge is 2.29. The molecule has 0 radical (unpaired) electrons. The number of carbonyl (C=O) groups excluding carboxylic acids is 1. The van der Waals surface area contributed by atoms with Crippen molar-refractivity contribution in [3.63, 3.8) is 0 Å². The molecule has 0 spiro atoms. The van der Waals surface area contributed by atoms with E-state index in [0.29, 0.717) is 25.1 Å². The van der Waals surface area contributed by atoms with Gasteiger partial charge in [0.2, 0.25) is 5.91 Å². The molecular formula is C16H22FNO2. The molecule has 0 saturated carbocycles. The molecule has 3 atom stereocenters. The lowest BCUT2D eigenvalue weighted by Gasteiger charge is -2.35. The Morgan fingerprint density at radius 1 is 1.50 bits per heavy atom. The summed E-state index contributed by atoms with van der Waals surface area (Å²) in [6, 6.07) is 6.56. The van der Waals surface area contributed by atoms with Crippen molar-refractivity contribution in [3.8, 4) is 0 Å². The van der Waals surface area contributed by atoms with E-state index in [9.17, 15) is 14.3 Å². The van der Waals surface area contributed by atoms with Gasteiger partial charge in [0.15, 0.2) is 0 Å². The molecule has 0 aliphatic carbocycles. The Labute approximate surface area is 119 Å². The topological polar surface area (TPSA) is 40.5 Å². The number of hydrogen-bond donors (Lipinski definition) is 1. The Hall–Kier alpha value is -1.42. The van der Waals surface area contributed by atoms with E-state index in [4.69, 9.17) is 0 Å². The first kappa shape index (κ1) is 15.0. The van der Waals surface area contributed by atoms with Gasteiger partial charge in [0.25, 0.3) is 0 Å². The first-order valence-electron chi connectivity index (χ1n) is 7.19. The van der Waals surface area contributed by atoms with Crippen LogP contribution in [0, 0.1) is 17.7 Å². The normalized spacial score (nSPS) is 24.5. The van der Waals surface area contributed by atoms with E-state index in [2.05, 4.69) is 0 Å². The van der Waals surface area contributed by atoms with Crippen molar-refractivity contribution in [1.29, 1.82) is 0 Å². The van der Waals surface area contributed by atoms with Gasteiger partial charge in [-0.05, 0) is 30.4 Å². The highest BCUT2D eigenvalue weighted by Crippen LogP contribution is 2.20. The Bertz CT molecular complexity index is 477. The van der Waals surface area contributed by atoms with Crippen LogP contribution in [0.4, 0.5) is 4.39 Å². The number of benzene rings is 1. The van der Waals surface area contributed by atoms with Crippen LogP contribution in [0.25, 0.3) is 0 Å². The van der Waals surface area contributed by atoms with E-state index < -0.39 is 6.10 Å². The van der Waals surface area contributed by atoms with Crippen molar-refractivity contribution >= 4 is 5.91 Å². The number of piperidine rings is 1. The molecule has 2 rings (SSSR count). The molecule has 4 heteroatoms. The van der Waals surface area contributed by atoms with Gasteiger partial charge >= 0.3 is 0 Å². The third-order valence-corrected chi connectivity index (χ3v) is 4.14. The molecule has 110 valence electrons. The van der Waals surface area contributed by atoms with Crippen molar-refractivity contribution in [3.05, 3.63) is 35.6 Å². The lowest BCUT2D eigenvalue weighted by atomic mass is 9.93. The third kappa shape index (κ3) is 3.37. The summed E-state index contributed by atoms with van der Waals surface area (Å²) in [6.45, 7) is 4.88. The van der Waals surface area contributed by atoms with Crippen molar-refractivity contribution < 1.29 is 14.3 Å². The fourth-order valence-corrected chi connectivity index (χ4v) is 2.64. The number of rotatable bonds is 3. The SMILES string of the molecule is CC(Cc1ccccc1F)C(=O)N1CCC(C)C(O)C1. The number of hydrogen-bond acceptors (Lipinski definition) is 2. The number of halogens is 1. The minimum Gasteiger partial charge on any atom is -0.391 e. The summed E-state index contributed by atoms with van der Waals surface area (Å²) in [5, 5.41) is 9.86. The zero-order valence-corrected chi connectivity index (χ0v) is 12.1. The van der Waals surface area contributed by atoms with Gasteiger partial charge in [0.05, 0.1) is 6.10 Å². The second-order valence-electron chi connectivity index (χ2n) is 5.81. The number of aliphatic hydroxyl groups is 1. The molecule has 20 heavy (non-hydrogen) atoms. The van der Waals surface area contributed by atoms with Crippen molar-refractivity contribution in [2.45, 2.75) is 32.8 Å². The molecule has 1 aromatic carbocycles. The molecule has 1 N–H and O–H groups in total. The molecule has 3 nitrogen and oxygen atoms in total. The molecule has 1 aliphatic heterocycles. The highest BCUT2D eigenvalue weighted by molar-refractivity contribution is 5.79. The van der Waals surface area contributed by atoms with E-state index in [1.807, 2.05) is 13.8 Å². The molecule has 1 aromatic rings. The Morgan fingerprint density at radius 2 is 2.20 bits per heavy atom. The second kappa shape index (κ2) is 6.35. The first-order valence-corrected chi connectivity index (χ1v) is 7.19. The largest absolute Gasteiger partial charge is 0.391 e. The predicted molar refractivity (Wildman–Crippen MR) is 75.6 cm³/mol. The summed E-state index contributed by atoms with van der Waals surface area (Å²) in [4.78, 5) is 14.1. The monoisotopic (exact) mass is 279 g/mol. The summed E-state index contributed by atoms with van der Waals surface area (Å²) in [5.74, 6) is -0.299. The maximum absolute atomic E-state index is 13.6. The molecule has 1 saturated heterocycles. The van der Waals surface area contributed by atoms with Gasteiger partial charge in [0, 0.05) is 19.0 Å². The fourth-order valence-electron chi connectivity index (χ4n) is 2.64. The van der Waals surface area contributed by atoms with Gasteiger partial charge in [-0.1, -0.05) is 32.0 Å². The Morgan fingerprint density at radius 3 is 2.85 bits per heavy atom. The van der Waals surface area contributed by atoms with E-state index in [-0.39, 0.29) is 23.6 Å².